The number of nitrogens with zero attached hydrogens (tertiary/aromatic N) is 4. The second-order valence-corrected chi connectivity index (χ2v) is 14.2. The molecule has 1 aliphatic carbocycles. The van der Waals surface area contributed by atoms with Crippen LogP contribution in [0, 0.1) is 11.8 Å². The highest BCUT2D eigenvalue weighted by atomic mass is 32.2. The van der Waals surface area contributed by atoms with Crippen LogP contribution in [0.3, 0.4) is 0 Å². The number of rotatable bonds is 13. The van der Waals surface area contributed by atoms with Gasteiger partial charge in [0.2, 0.25) is 5.95 Å². The number of fused-ring (bicyclic) bond motifs is 1. The van der Waals surface area contributed by atoms with Crippen molar-refractivity contribution in [2.24, 2.45) is 11.8 Å². The van der Waals surface area contributed by atoms with Crippen LogP contribution < -0.4 is 14.5 Å². The molecule has 53 heavy (non-hydrogen) atoms. The maximum absolute atomic E-state index is 14.2. The van der Waals surface area contributed by atoms with E-state index in [4.69, 9.17) is 9.47 Å². The second kappa shape index (κ2) is 16.2. The Morgan fingerprint density at radius 1 is 0.925 bits per heavy atom. The molecule has 1 saturated carbocycles. The molecular weight excluding hydrogens is 739 g/mol. The number of carbonyl (C=O) groups is 1. The van der Waals surface area contributed by atoms with Crippen molar-refractivity contribution < 1.29 is 53.8 Å². The van der Waals surface area contributed by atoms with Gasteiger partial charge in [-0.2, -0.15) is 51.3 Å². The first kappa shape index (κ1) is 40.3. The normalized spacial score (nSPS) is 19.8. The van der Waals surface area contributed by atoms with Gasteiger partial charge in [-0.1, -0.05) is 0 Å². The van der Waals surface area contributed by atoms with Gasteiger partial charge in [0.15, 0.2) is 5.75 Å². The third-order valence-electron chi connectivity index (χ3n) is 9.68. The molecule has 2 aromatic carbocycles. The van der Waals surface area contributed by atoms with Crippen molar-refractivity contribution in [3.63, 3.8) is 0 Å². The first-order chi connectivity index (χ1) is 24.9. The number of anilines is 2. The minimum Gasteiger partial charge on any atom is -0.489 e. The van der Waals surface area contributed by atoms with Gasteiger partial charge >= 0.3 is 24.5 Å². The van der Waals surface area contributed by atoms with E-state index in [-0.39, 0.29) is 47.2 Å². The van der Waals surface area contributed by atoms with E-state index in [0.717, 1.165) is 25.0 Å². The van der Waals surface area contributed by atoms with Crippen molar-refractivity contribution in [1.82, 2.24) is 9.97 Å². The van der Waals surface area contributed by atoms with Gasteiger partial charge in [0.1, 0.15) is 6.10 Å². The maximum Gasteiger partial charge on any atom is 0.416 e. The number of benzene rings is 2. The average molecular weight is 779 g/mol. The Balaban J connectivity index is 1.57. The Labute approximate surface area is 305 Å². The molecule has 4 atom stereocenters. The number of thioether (sulfide) groups is 1. The van der Waals surface area contributed by atoms with Crippen molar-refractivity contribution in [3.05, 3.63) is 76.6 Å². The van der Waals surface area contributed by atoms with Crippen LogP contribution in [0.4, 0.5) is 51.1 Å². The van der Waals surface area contributed by atoms with Gasteiger partial charge in [0.25, 0.3) is 0 Å². The number of halogens is 9. The van der Waals surface area contributed by atoms with E-state index in [0.29, 0.717) is 56.1 Å². The summed E-state index contributed by atoms with van der Waals surface area (Å²) < 4.78 is 137. The smallest absolute Gasteiger partial charge is 0.416 e. The zero-order valence-electron chi connectivity index (χ0n) is 29.1. The fraction of sp³-hybridized carbons (Fsp3) is 0.528. The molecule has 1 aliphatic heterocycles. The molecule has 1 aromatic heterocycles. The molecule has 3 aromatic rings. The third-order valence-corrected chi connectivity index (χ3v) is 10.3. The van der Waals surface area contributed by atoms with Gasteiger partial charge in [0.05, 0.1) is 48.2 Å². The largest absolute Gasteiger partial charge is 0.489 e. The van der Waals surface area contributed by atoms with E-state index in [1.807, 2.05) is 18.1 Å². The predicted molar refractivity (Wildman–Crippen MR) is 182 cm³/mol. The van der Waals surface area contributed by atoms with Crippen LogP contribution in [-0.4, -0.2) is 53.7 Å². The summed E-state index contributed by atoms with van der Waals surface area (Å²) in [6.07, 6.45) is -8.34. The number of ether oxygens (including phenoxy) is 2. The highest BCUT2D eigenvalue weighted by Crippen LogP contribution is 2.42. The van der Waals surface area contributed by atoms with Crippen molar-refractivity contribution in [2.75, 3.05) is 41.5 Å². The topological polar surface area (TPSA) is 67.8 Å². The molecule has 0 unspecified atom stereocenters. The highest BCUT2D eigenvalue weighted by molar-refractivity contribution is 7.98. The lowest BCUT2D eigenvalue weighted by Gasteiger charge is -2.36. The first-order valence-corrected chi connectivity index (χ1v) is 18.4. The van der Waals surface area contributed by atoms with Gasteiger partial charge in [-0.3, -0.25) is 4.79 Å². The van der Waals surface area contributed by atoms with Crippen molar-refractivity contribution in [3.8, 4) is 5.75 Å². The molecule has 0 N–H and O–H groups in total. The molecule has 2 aliphatic rings. The molecule has 0 amide bonds. The Morgan fingerprint density at radius 2 is 1.57 bits per heavy atom. The fourth-order valence-electron chi connectivity index (χ4n) is 6.90. The van der Waals surface area contributed by atoms with Crippen LogP contribution >= 0.6 is 11.8 Å². The van der Waals surface area contributed by atoms with Crippen molar-refractivity contribution in [2.45, 2.75) is 76.8 Å². The summed E-state index contributed by atoms with van der Waals surface area (Å²) in [7, 11) is 0. The summed E-state index contributed by atoms with van der Waals surface area (Å²) in [5.41, 5.74) is -3.98. The SMILES string of the molecule is CCN(C[C@@H]1CC[C@H]2CC(=O)O[C@H]2C1)c1ccc(C(F)(F)F)cc1CN(c1ncc(OCCSC)cn1)[C@@H](C)c1cc(C(F)(F)F)cc(C(F)(F)F)c1. The zero-order valence-corrected chi connectivity index (χ0v) is 29.9. The van der Waals surface area contributed by atoms with Gasteiger partial charge < -0.3 is 19.3 Å². The van der Waals surface area contributed by atoms with Crippen LogP contribution in [0.5, 0.6) is 5.75 Å². The van der Waals surface area contributed by atoms with Crippen molar-refractivity contribution in [1.29, 1.82) is 0 Å². The van der Waals surface area contributed by atoms with Crippen LogP contribution in [0.1, 0.15) is 73.4 Å². The Bertz CT molecular complexity index is 1690. The van der Waals surface area contributed by atoms with Gasteiger partial charge in [-0.15, -0.1) is 0 Å². The standard InChI is InChI=1S/C36H39F9N4O3S/c1-4-48(19-22-5-6-23-15-32(50)52-31(23)11-22)30-8-7-26(34(37,38)39)14-25(30)20-49(33-46-17-29(18-47-33)51-9-10-53-3)21(2)24-12-27(35(40,41)42)16-28(13-24)36(43,44)45/h7-8,12-14,16-18,21-23,31H,4-6,9-11,15,19-20H2,1-3H3/t21-,22+,23-,31-/m0/s1. The minimum atomic E-state index is -5.13. The molecule has 2 heterocycles. The first-order valence-electron chi connectivity index (χ1n) is 17.0. The number of esters is 1. The van der Waals surface area contributed by atoms with E-state index in [1.54, 1.807) is 0 Å². The molecule has 2 fully saturated rings. The number of hydrogen-bond donors (Lipinski definition) is 0. The molecule has 1 saturated heterocycles. The lowest BCUT2D eigenvalue weighted by molar-refractivity contribution is -0.144. The predicted octanol–water partition coefficient (Wildman–Crippen LogP) is 9.60. The minimum absolute atomic E-state index is 0.0157. The van der Waals surface area contributed by atoms with Crippen LogP contribution in [0.25, 0.3) is 0 Å². The summed E-state index contributed by atoms with van der Waals surface area (Å²) in [5.74, 6) is 0.641. The van der Waals surface area contributed by atoms with E-state index in [2.05, 4.69) is 9.97 Å². The summed E-state index contributed by atoms with van der Waals surface area (Å²) >= 11 is 1.52. The number of carbonyl (C=O) groups excluding carboxylic acids is 1. The van der Waals surface area contributed by atoms with Crippen molar-refractivity contribution >= 4 is 29.4 Å². The molecule has 0 bridgehead atoms. The Morgan fingerprint density at radius 3 is 2.15 bits per heavy atom. The van der Waals surface area contributed by atoms with Gasteiger partial charge in [0, 0.05) is 37.0 Å². The van der Waals surface area contributed by atoms with Crippen LogP contribution in [-0.2, 0) is 34.6 Å². The molecule has 5 rings (SSSR count). The monoisotopic (exact) mass is 778 g/mol. The molecular formula is C36H39F9N4O3S. The van der Waals surface area contributed by atoms with Crippen LogP contribution in [0.15, 0.2) is 48.8 Å². The average Bonchev–Trinajstić information content (AvgIpc) is 3.47. The summed E-state index contributed by atoms with van der Waals surface area (Å²) in [6, 6.07) is 3.08. The molecule has 290 valence electrons. The molecule has 0 radical (unpaired) electrons. The summed E-state index contributed by atoms with van der Waals surface area (Å²) in [6.45, 7) is 3.82. The van der Waals surface area contributed by atoms with E-state index in [9.17, 15) is 44.3 Å². The highest BCUT2D eigenvalue weighted by Gasteiger charge is 2.41. The quantitative estimate of drug-likeness (QED) is 0.0967. The number of aromatic nitrogens is 2. The maximum atomic E-state index is 14.2. The number of hydrogen-bond acceptors (Lipinski definition) is 8. The second-order valence-electron chi connectivity index (χ2n) is 13.3. The Kier molecular flexibility index (Phi) is 12.3. The van der Waals surface area contributed by atoms with Crippen LogP contribution in [0.2, 0.25) is 0 Å². The summed E-state index contributed by atoms with van der Waals surface area (Å²) in [5, 5.41) is 0. The summed E-state index contributed by atoms with van der Waals surface area (Å²) in [4.78, 5) is 23.7. The van der Waals surface area contributed by atoms with E-state index in [1.165, 1.54) is 42.0 Å². The molecule has 0 spiro atoms. The number of alkyl halides is 9. The third kappa shape index (κ3) is 10.0. The lowest BCUT2D eigenvalue weighted by atomic mass is 9.79. The fourth-order valence-corrected chi connectivity index (χ4v) is 7.15. The zero-order chi connectivity index (χ0) is 38.7. The van der Waals surface area contributed by atoms with Gasteiger partial charge in [-0.05, 0) is 92.8 Å². The molecule has 17 heteroatoms. The van der Waals surface area contributed by atoms with Gasteiger partial charge in [-0.25, -0.2) is 9.97 Å². The lowest BCUT2D eigenvalue weighted by Crippen LogP contribution is -2.36. The Hall–Kier alpha value is -3.89. The van der Waals surface area contributed by atoms with E-state index < -0.39 is 53.4 Å². The van der Waals surface area contributed by atoms with E-state index >= 15 is 0 Å². The molecule has 7 nitrogen and oxygen atoms in total.